The molecule has 4 rings (SSSR count). The molecule has 8 heteroatoms. The smallest absolute Gasteiger partial charge is 0.269 e. The number of nitro benzene ring substituents is 1. The lowest BCUT2D eigenvalue weighted by Gasteiger charge is -2.51. The highest BCUT2D eigenvalue weighted by atomic mass is 16.6. The van der Waals surface area contributed by atoms with Crippen molar-refractivity contribution in [2.75, 3.05) is 33.3 Å². The van der Waals surface area contributed by atoms with Gasteiger partial charge in [-0.3, -0.25) is 14.9 Å². The Morgan fingerprint density at radius 1 is 1.21 bits per heavy atom. The first-order valence-corrected chi connectivity index (χ1v) is 9.92. The van der Waals surface area contributed by atoms with Gasteiger partial charge in [-0.25, -0.2) is 0 Å². The topological polar surface area (TPSA) is 102 Å². The van der Waals surface area contributed by atoms with E-state index in [1.54, 1.807) is 12.1 Å². The number of benzene rings is 1. The van der Waals surface area contributed by atoms with Gasteiger partial charge in [-0.05, 0) is 62.7 Å². The molecule has 2 N–H and O–H groups in total. The van der Waals surface area contributed by atoms with Crippen molar-refractivity contribution >= 4 is 12.1 Å². The maximum atomic E-state index is 10.8. The fourth-order valence-electron chi connectivity index (χ4n) is 4.58. The molecule has 0 unspecified atom stereocenters. The van der Waals surface area contributed by atoms with E-state index in [1.165, 1.54) is 51.6 Å². The lowest BCUT2D eigenvalue weighted by atomic mass is 9.64. The molecule has 0 atom stereocenters. The average molecular weight is 390 g/mol. The maximum absolute atomic E-state index is 10.8. The third-order valence-corrected chi connectivity index (χ3v) is 6.33. The highest BCUT2D eigenvalue weighted by Gasteiger charge is 2.50. The summed E-state index contributed by atoms with van der Waals surface area (Å²) in [5.74, 6) is 0.621. The van der Waals surface area contributed by atoms with E-state index in [4.69, 9.17) is 10.5 Å². The molecular formula is C20H30N4O4. The van der Waals surface area contributed by atoms with Gasteiger partial charge < -0.3 is 20.3 Å². The highest BCUT2D eigenvalue weighted by molar-refractivity contribution is 5.48. The summed E-state index contributed by atoms with van der Waals surface area (Å²) in [7, 11) is 1.52. The van der Waals surface area contributed by atoms with Crippen molar-refractivity contribution in [2.24, 2.45) is 11.1 Å². The van der Waals surface area contributed by atoms with Crippen LogP contribution >= 0.6 is 0 Å². The van der Waals surface area contributed by atoms with Gasteiger partial charge in [0.1, 0.15) is 5.75 Å². The molecule has 1 aliphatic carbocycles. The number of ether oxygens (including phenoxy) is 1. The Balaban J connectivity index is 0.000000178. The van der Waals surface area contributed by atoms with Crippen molar-refractivity contribution in [3.63, 3.8) is 0 Å². The monoisotopic (exact) mass is 390 g/mol. The first kappa shape index (κ1) is 20.5. The summed E-state index contributed by atoms with van der Waals surface area (Å²) in [6.07, 6.45) is 7.14. The Labute approximate surface area is 165 Å². The lowest BCUT2D eigenvalue weighted by Crippen LogP contribution is -2.55. The van der Waals surface area contributed by atoms with Crippen LogP contribution < -0.4 is 10.5 Å². The predicted octanol–water partition coefficient (Wildman–Crippen LogP) is 2.02. The first-order valence-electron chi connectivity index (χ1n) is 9.92. The molecule has 154 valence electrons. The summed E-state index contributed by atoms with van der Waals surface area (Å²) in [6.45, 7) is 4.33. The third kappa shape index (κ3) is 4.80. The molecule has 3 aliphatic rings. The molecule has 2 saturated heterocycles. The summed E-state index contributed by atoms with van der Waals surface area (Å²) in [4.78, 5) is 25.0. The van der Waals surface area contributed by atoms with Gasteiger partial charge in [-0.2, -0.15) is 0 Å². The van der Waals surface area contributed by atoms with Gasteiger partial charge in [0, 0.05) is 37.3 Å². The Hall–Kier alpha value is -2.19. The van der Waals surface area contributed by atoms with E-state index in [0.29, 0.717) is 17.2 Å². The lowest BCUT2D eigenvalue weighted by molar-refractivity contribution is -0.384. The number of likely N-dealkylation sites (tertiary alicyclic amines) is 2. The molecule has 0 radical (unpaired) electrons. The number of carbonyl (C=O) groups is 1. The number of piperidine rings is 1. The minimum Gasteiger partial charge on any atom is -0.497 e. The van der Waals surface area contributed by atoms with Gasteiger partial charge >= 0.3 is 0 Å². The van der Waals surface area contributed by atoms with E-state index in [0.717, 1.165) is 38.4 Å². The molecule has 0 bridgehead atoms. The number of hydrogen-bond acceptors (Lipinski definition) is 6. The molecule has 1 spiro atoms. The number of non-ortho nitro benzene ring substituents is 1. The molecule has 1 saturated carbocycles. The van der Waals surface area contributed by atoms with Crippen LogP contribution in [0.3, 0.4) is 0 Å². The van der Waals surface area contributed by atoms with Crippen LogP contribution in [0.15, 0.2) is 24.3 Å². The summed E-state index contributed by atoms with van der Waals surface area (Å²) in [5, 5.41) is 10.2. The number of rotatable bonds is 4. The van der Waals surface area contributed by atoms with Gasteiger partial charge in [0.2, 0.25) is 6.41 Å². The van der Waals surface area contributed by atoms with Gasteiger partial charge in [0.05, 0.1) is 12.0 Å². The van der Waals surface area contributed by atoms with Crippen molar-refractivity contribution < 1.29 is 14.5 Å². The number of methoxy groups -OCH3 is 1. The SMILES string of the molecule is COc1ccc([N+](=O)[O-])cc1.NC1CCN(C2CC3(CCN(C=O)C3)C2)CC1. The Morgan fingerprint density at radius 3 is 2.36 bits per heavy atom. The second-order valence-corrected chi connectivity index (χ2v) is 8.22. The van der Waals surface area contributed by atoms with Gasteiger partial charge in [0.25, 0.3) is 5.69 Å². The zero-order chi connectivity index (χ0) is 20.1. The van der Waals surface area contributed by atoms with Crippen molar-refractivity contribution in [2.45, 2.75) is 44.2 Å². The summed E-state index contributed by atoms with van der Waals surface area (Å²) >= 11 is 0. The number of nitrogens with two attached hydrogens (primary N) is 1. The van der Waals surface area contributed by atoms with Gasteiger partial charge in [0.15, 0.2) is 0 Å². The summed E-state index contributed by atoms with van der Waals surface area (Å²) in [6, 6.07) is 7.11. The van der Waals surface area contributed by atoms with E-state index in [9.17, 15) is 14.9 Å². The number of carbonyl (C=O) groups excluding carboxylic acids is 1. The molecule has 8 nitrogen and oxygen atoms in total. The highest BCUT2D eigenvalue weighted by Crippen LogP contribution is 2.50. The van der Waals surface area contributed by atoms with E-state index < -0.39 is 4.92 Å². The number of nitrogens with zero attached hydrogens (tertiary/aromatic N) is 3. The molecule has 2 aliphatic heterocycles. The normalized spacial score (nSPS) is 27.6. The van der Waals surface area contributed by atoms with Crippen LogP contribution in [-0.2, 0) is 4.79 Å². The van der Waals surface area contributed by atoms with Crippen LogP contribution in [0.5, 0.6) is 5.75 Å². The van der Waals surface area contributed by atoms with Crippen LogP contribution in [-0.4, -0.2) is 66.5 Å². The molecule has 2 heterocycles. The minimum atomic E-state index is -0.445. The predicted molar refractivity (Wildman–Crippen MR) is 106 cm³/mol. The van der Waals surface area contributed by atoms with Crippen molar-refractivity contribution in [3.05, 3.63) is 34.4 Å². The van der Waals surface area contributed by atoms with Gasteiger partial charge in [-0.15, -0.1) is 0 Å². The number of amides is 1. The minimum absolute atomic E-state index is 0.0748. The van der Waals surface area contributed by atoms with Crippen molar-refractivity contribution in [3.8, 4) is 5.75 Å². The molecule has 3 fully saturated rings. The molecule has 1 aromatic carbocycles. The number of hydrogen-bond donors (Lipinski definition) is 1. The Bertz CT molecular complexity index is 667. The molecule has 0 aromatic heterocycles. The fourth-order valence-corrected chi connectivity index (χ4v) is 4.58. The zero-order valence-electron chi connectivity index (χ0n) is 16.5. The van der Waals surface area contributed by atoms with E-state index >= 15 is 0 Å². The van der Waals surface area contributed by atoms with E-state index in [1.807, 2.05) is 4.90 Å². The second kappa shape index (κ2) is 8.87. The molecule has 1 amide bonds. The van der Waals surface area contributed by atoms with Crippen LogP contribution in [0.1, 0.15) is 32.1 Å². The largest absolute Gasteiger partial charge is 0.497 e. The molecular weight excluding hydrogens is 360 g/mol. The van der Waals surface area contributed by atoms with E-state index in [2.05, 4.69) is 4.90 Å². The third-order valence-electron chi connectivity index (χ3n) is 6.33. The van der Waals surface area contributed by atoms with Crippen molar-refractivity contribution in [1.29, 1.82) is 0 Å². The Morgan fingerprint density at radius 2 is 1.86 bits per heavy atom. The summed E-state index contributed by atoms with van der Waals surface area (Å²) < 4.78 is 4.83. The van der Waals surface area contributed by atoms with Crippen LogP contribution in [0, 0.1) is 15.5 Å². The number of nitro groups is 1. The van der Waals surface area contributed by atoms with E-state index in [-0.39, 0.29) is 5.69 Å². The molecule has 1 aromatic rings. The average Bonchev–Trinajstić information content (AvgIpc) is 3.13. The standard InChI is InChI=1S/C13H23N3O.C7H7NO3/c14-11-1-4-16(5-2-11)12-7-13(8-12)3-6-15(9-13)10-17;1-11-7-4-2-6(3-5-7)8(9)10/h10-12H,1-9,14H2;2-5H,1H3. The summed E-state index contributed by atoms with van der Waals surface area (Å²) in [5.41, 5.74) is 6.49. The van der Waals surface area contributed by atoms with Crippen LogP contribution in [0.2, 0.25) is 0 Å². The van der Waals surface area contributed by atoms with Crippen LogP contribution in [0.4, 0.5) is 5.69 Å². The fraction of sp³-hybridized carbons (Fsp3) is 0.650. The van der Waals surface area contributed by atoms with Crippen LogP contribution in [0.25, 0.3) is 0 Å². The quantitative estimate of drug-likeness (QED) is 0.479. The first-order chi connectivity index (χ1) is 13.4. The van der Waals surface area contributed by atoms with Crippen molar-refractivity contribution in [1.82, 2.24) is 9.80 Å². The maximum Gasteiger partial charge on any atom is 0.269 e. The molecule has 28 heavy (non-hydrogen) atoms. The zero-order valence-corrected chi connectivity index (χ0v) is 16.5. The Kier molecular flexibility index (Phi) is 6.51. The van der Waals surface area contributed by atoms with Gasteiger partial charge in [-0.1, -0.05) is 0 Å². The second-order valence-electron chi connectivity index (χ2n) is 8.22.